The minimum atomic E-state index is -0.300. The van der Waals surface area contributed by atoms with Crippen molar-refractivity contribution < 1.29 is 9.53 Å². The molecule has 3 rings (SSSR count). The van der Waals surface area contributed by atoms with E-state index in [9.17, 15) is 4.79 Å². The van der Waals surface area contributed by atoms with Crippen LogP contribution in [0, 0.1) is 13.8 Å². The van der Waals surface area contributed by atoms with Gasteiger partial charge in [0.05, 0.1) is 5.56 Å². The first-order chi connectivity index (χ1) is 12.5. The monoisotopic (exact) mass is 347 g/mol. The smallest absolute Gasteiger partial charge is 0.259 e. The first kappa shape index (κ1) is 17.5. The predicted molar refractivity (Wildman–Crippen MR) is 103 cm³/mol. The molecule has 3 N–H and O–H groups in total. The molecule has 5 heteroatoms. The molecule has 0 aliphatic carbocycles. The maximum Gasteiger partial charge on any atom is 0.259 e. The van der Waals surface area contributed by atoms with E-state index in [2.05, 4.69) is 23.3 Å². The fourth-order valence-corrected chi connectivity index (χ4v) is 2.56. The molecule has 3 aromatic rings. The van der Waals surface area contributed by atoms with Crippen LogP contribution in [0.4, 0.5) is 11.5 Å². The molecule has 0 atom stereocenters. The average molecular weight is 347 g/mol. The van der Waals surface area contributed by atoms with E-state index in [1.165, 1.54) is 5.56 Å². The summed E-state index contributed by atoms with van der Waals surface area (Å²) in [6, 6.07) is 18.8. The number of benzene rings is 2. The Bertz CT molecular complexity index is 938. The van der Waals surface area contributed by atoms with E-state index < -0.39 is 0 Å². The fraction of sp³-hybridized carbons (Fsp3) is 0.143. The topological polar surface area (TPSA) is 77.2 Å². The summed E-state index contributed by atoms with van der Waals surface area (Å²) < 4.78 is 5.85. The Morgan fingerprint density at radius 3 is 2.65 bits per heavy atom. The molecular weight excluding hydrogens is 326 g/mol. The van der Waals surface area contributed by atoms with Gasteiger partial charge in [-0.3, -0.25) is 4.79 Å². The van der Waals surface area contributed by atoms with Gasteiger partial charge in [-0.2, -0.15) is 0 Å². The summed E-state index contributed by atoms with van der Waals surface area (Å²) in [6.45, 7) is 4.35. The summed E-state index contributed by atoms with van der Waals surface area (Å²) in [5.41, 5.74) is 9.90. The quantitative estimate of drug-likeness (QED) is 0.728. The van der Waals surface area contributed by atoms with Crippen molar-refractivity contribution in [3.8, 4) is 5.75 Å². The Hall–Kier alpha value is -3.34. The van der Waals surface area contributed by atoms with Crippen LogP contribution in [-0.2, 0) is 6.61 Å². The van der Waals surface area contributed by atoms with Gasteiger partial charge in [0, 0.05) is 17.4 Å². The number of anilines is 2. The van der Waals surface area contributed by atoms with Gasteiger partial charge in [-0.1, -0.05) is 30.3 Å². The molecule has 0 spiro atoms. The molecule has 1 amide bonds. The number of hydrogen-bond acceptors (Lipinski definition) is 4. The maximum absolute atomic E-state index is 12.4. The van der Waals surface area contributed by atoms with Gasteiger partial charge in [0.2, 0.25) is 0 Å². The number of nitrogens with one attached hydrogen (secondary N) is 1. The Labute approximate surface area is 152 Å². The summed E-state index contributed by atoms with van der Waals surface area (Å²) in [5.74, 6) is 0.599. The number of ether oxygens (including phenoxy) is 1. The van der Waals surface area contributed by atoms with E-state index in [4.69, 9.17) is 10.5 Å². The molecule has 1 aromatic heterocycles. The number of rotatable bonds is 5. The SMILES string of the molecule is Cc1ccc(C(=O)Nc2cccc(OCc3ccccc3C)c2)c(N)n1. The van der Waals surface area contributed by atoms with Crippen LogP contribution in [0.3, 0.4) is 0 Å². The summed E-state index contributed by atoms with van der Waals surface area (Å²) in [7, 11) is 0. The normalized spacial score (nSPS) is 10.4. The van der Waals surface area contributed by atoms with Gasteiger partial charge in [0.1, 0.15) is 18.2 Å². The van der Waals surface area contributed by atoms with Crippen LogP contribution in [0.2, 0.25) is 0 Å². The number of carbonyl (C=O) groups excluding carboxylic acids is 1. The lowest BCUT2D eigenvalue weighted by atomic mass is 10.1. The van der Waals surface area contributed by atoms with Crippen LogP contribution in [0.5, 0.6) is 5.75 Å². The standard InChI is InChI=1S/C21H21N3O2/c1-14-6-3-4-7-16(14)13-26-18-9-5-8-17(12-18)24-21(25)19-11-10-15(2)23-20(19)22/h3-12H,13H2,1-2H3,(H2,22,23)(H,24,25). The van der Waals surface area contributed by atoms with Crippen LogP contribution in [0.25, 0.3) is 0 Å². The predicted octanol–water partition coefficient (Wildman–Crippen LogP) is 4.11. The molecule has 0 radical (unpaired) electrons. The van der Waals surface area contributed by atoms with E-state index in [0.29, 0.717) is 23.6 Å². The van der Waals surface area contributed by atoms with E-state index in [1.54, 1.807) is 24.3 Å². The molecule has 2 aromatic carbocycles. The molecule has 26 heavy (non-hydrogen) atoms. The molecular formula is C21H21N3O2. The number of amides is 1. The lowest BCUT2D eigenvalue weighted by Gasteiger charge is -2.11. The third-order valence-electron chi connectivity index (χ3n) is 4.06. The van der Waals surface area contributed by atoms with Crippen LogP contribution in [0.15, 0.2) is 60.7 Å². The zero-order chi connectivity index (χ0) is 18.5. The summed E-state index contributed by atoms with van der Waals surface area (Å²) in [4.78, 5) is 16.5. The molecule has 0 fully saturated rings. The Morgan fingerprint density at radius 2 is 1.88 bits per heavy atom. The summed E-state index contributed by atoms with van der Waals surface area (Å²) in [5, 5.41) is 2.83. The molecule has 0 unspecified atom stereocenters. The number of nitrogens with zero attached hydrogens (tertiary/aromatic N) is 1. The van der Waals surface area contributed by atoms with E-state index in [-0.39, 0.29) is 11.7 Å². The number of aromatic nitrogens is 1. The van der Waals surface area contributed by atoms with Gasteiger partial charge in [0.25, 0.3) is 5.91 Å². The van der Waals surface area contributed by atoms with E-state index in [0.717, 1.165) is 11.3 Å². The molecule has 0 aliphatic heterocycles. The molecule has 0 saturated carbocycles. The maximum atomic E-state index is 12.4. The highest BCUT2D eigenvalue weighted by Gasteiger charge is 2.11. The molecule has 5 nitrogen and oxygen atoms in total. The van der Waals surface area contributed by atoms with Crippen LogP contribution < -0.4 is 15.8 Å². The van der Waals surface area contributed by atoms with Crippen molar-refractivity contribution >= 4 is 17.4 Å². The third kappa shape index (κ3) is 4.19. The number of pyridine rings is 1. The summed E-state index contributed by atoms with van der Waals surface area (Å²) >= 11 is 0. The van der Waals surface area contributed by atoms with E-state index >= 15 is 0 Å². The Balaban J connectivity index is 1.69. The first-order valence-corrected chi connectivity index (χ1v) is 8.35. The van der Waals surface area contributed by atoms with Crippen molar-refractivity contribution in [1.29, 1.82) is 0 Å². The number of nitrogens with two attached hydrogens (primary N) is 1. The van der Waals surface area contributed by atoms with Gasteiger partial charge in [-0.25, -0.2) is 4.98 Å². The number of hydrogen-bond donors (Lipinski definition) is 2. The average Bonchev–Trinajstić information content (AvgIpc) is 2.61. The minimum Gasteiger partial charge on any atom is -0.489 e. The second kappa shape index (κ2) is 7.70. The first-order valence-electron chi connectivity index (χ1n) is 8.35. The largest absolute Gasteiger partial charge is 0.489 e. The van der Waals surface area contributed by atoms with Gasteiger partial charge in [-0.05, 0) is 49.2 Å². The van der Waals surface area contributed by atoms with Crippen molar-refractivity contribution in [2.75, 3.05) is 11.1 Å². The van der Waals surface area contributed by atoms with Crippen LogP contribution in [0.1, 0.15) is 27.2 Å². The second-order valence-electron chi connectivity index (χ2n) is 6.08. The van der Waals surface area contributed by atoms with Crippen molar-refractivity contribution in [2.45, 2.75) is 20.5 Å². The Kier molecular flexibility index (Phi) is 5.17. The minimum absolute atomic E-state index is 0.217. The fourth-order valence-electron chi connectivity index (χ4n) is 2.56. The lowest BCUT2D eigenvalue weighted by molar-refractivity contribution is 0.102. The highest BCUT2D eigenvalue weighted by molar-refractivity contribution is 6.07. The second-order valence-corrected chi connectivity index (χ2v) is 6.08. The Morgan fingerprint density at radius 1 is 1.08 bits per heavy atom. The molecule has 0 bridgehead atoms. The molecule has 0 aliphatic rings. The number of carbonyl (C=O) groups is 1. The highest BCUT2D eigenvalue weighted by atomic mass is 16.5. The van der Waals surface area contributed by atoms with Gasteiger partial charge < -0.3 is 15.8 Å². The molecule has 1 heterocycles. The lowest BCUT2D eigenvalue weighted by Crippen LogP contribution is -2.15. The number of nitrogen functional groups attached to an aromatic ring is 1. The van der Waals surface area contributed by atoms with Crippen molar-refractivity contribution in [1.82, 2.24) is 4.98 Å². The molecule has 0 saturated heterocycles. The third-order valence-corrected chi connectivity index (χ3v) is 4.06. The zero-order valence-electron chi connectivity index (χ0n) is 14.8. The van der Waals surface area contributed by atoms with Crippen LogP contribution in [-0.4, -0.2) is 10.9 Å². The van der Waals surface area contributed by atoms with E-state index in [1.807, 2.05) is 37.3 Å². The van der Waals surface area contributed by atoms with Gasteiger partial charge >= 0.3 is 0 Å². The van der Waals surface area contributed by atoms with Crippen molar-refractivity contribution in [3.05, 3.63) is 83.0 Å². The van der Waals surface area contributed by atoms with Gasteiger partial charge in [-0.15, -0.1) is 0 Å². The van der Waals surface area contributed by atoms with Crippen molar-refractivity contribution in [3.63, 3.8) is 0 Å². The van der Waals surface area contributed by atoms with Gasteiger partial charge in [0.15, 0.2) is 0 Å². The molecule has 132 valence electrons. The zero-order valence-corrected chi connectivity index (χ0v) is 14.8. The van der Waals surface area contributed by atoms with Crippen LogP contribution >= 0.6 is 0 Å². The number of aryl methyl sites for hydroxylation is 2. The van der Waals surface area contributed by atoms with Crippen molar-refractivity contribution in [2.24, 2.45) is 0 Å². The summed E-state index contributed by atoms with van der Waals surface area (Å²) in [6.07, 6.45) is 0. The highest BCUT2D eigenvalue weighted by Crippen LogP contribution is 2.21.